The molecule has 0 aliphatic rings. The lowest BCUT2D eigenvalue weighted by Crippen LogP contribution is -2.56. The summed E-state index contributed by atoms with van der Waals surface area (Å²) in [5.41, 5.74) is 0. The van der Waals surface area contributed by atoms with Crippen molar-refractivity contribution in [2.24, 2.45) is 23.7 Å². The summed E-state index contributed by atoms with van der Waals surface area (Å²) < 4.78 is 0. The summed E-state index contributed by atoms with van der Waals surface area (Å²) in [4.78, 5) is 63.7. The molecule has 0 aromatic carbocycles. The highest BCUT2D eigenvalue weighted by molar-refractivity contribution is 7.98. The molecule has 0 radical (unpaired) electrons. The van der Waals surface area contributed by atoms with E-state index in [-0.39, 0.29) is 42.4 Å². The SMILES string of the molecule is CCCCNC(=O)[C@H](CC(C)C)NC(=O)[C@H](C)C[C@H](O)[C@H](CC(C)C)NC(=O)[C@H](CCSC)NC(=O)[C@H](CC(C)C)NC(=O)O. The van der Waals surface area contributed by atoms with E-state index < -0.39 is 54.1 Å². The molecule has 45 heavy (non-hydrogen) atoms. The molecule has 0 unspecified atom stereocenters. The van der Waals surface area contributed by atoms with Crippen LogP contribution in [0, 0.1) is 23.7 Å². The highest BCUT2D eigenvalue weighted by atomic mass is 32.2. The zero-order valence-electron chi connectivity index (χ0n) is 28.9. The van der Waals surface area contributed by atoms with Crippen molar-refractivity contribution in [3.63, 3.8) is 0 Å². The van der Waals surface area contributed by atoms with Crippen LogP contribution in [0.3, 0.4) is 0 Å². The first-order valence-corrected chi connectivity index (χ1v) is 17.8. The molecule has 5 amide bonds. The normalized spacial score (nSPS) is 15.5. The minimum Gasteiger partial charge on any atom is -0.465 e. The number of carbonyl (C=O) groups is 5. The van der Waals surface area contributed by atoms with Gasteiger partial charge in [0.05, 0.1) is 12.1 Å². The van der Waals surface area contributed by atoms with Gasteiger partial charge in [-0.2, -0.15) is 11.8 Å². The summed E-state index contributed by atoms with van der Waals surface area (Å²) in [6, 6.07) is -3.34. The van der Waals surface area contributed by atoms with Gasteiger partial charge < -0.3 is 36.8 Å². The van der Waals surface area contributed by atoms with Crippen LogP contribution in [0.2, 0.25) is 0 Å². The van der Waals surface area contributed by atoms with Crippen LogP contribution in [0.4, 0.5) is 4.79 Å². The standard InChI is InChI=1S/C32H61N5O7S/c1-10-11-13-33-29(40)25(16-20(4)5)36-28(39)22(8)18-27(38)24(15-19(2)3)35-30(41)23(12-14-45-9)34-31(42)26(17-21(6)7)37-32(43)44/h19-27,37-38H,10-18H2,1-9H3,(H,33,40)(H,34,42)(H,35,41)(H,36,39)(H,43,44)/t22-,23+,24+,25+,26+,27+/m1/s1. The maximum atomic E-state index is 13.5. The van der Waals surface area contributed by atoms with Crippen molar-refractivity contribution in [2.45, 2.75) is 131 Å². The number of aliphatic hydroxyl groups is 1. The average Bonchev–Trinajstić information content (AvgIpc) is 2.92. The molecule has 0 aromatic heterocycles. The third-order valence-electron chi connectivity index (χ3n) is 7.29. The predicted molar refractivity (Wildman–Crippen MR) is 180 cm³/mol. The fraction of sp³-hybridized carbons (Fsp3) is 0.844. The number of carboxylic acid groups (broad SMARTS) is 1. The second kappa shape index (κ2) is 22.9. The zero-order valence-corrected chi connectivity index (χ0v) is 29.7. The van der Waals surface area contributed by atoms with Gasteiger partial charge in [0.25, 0.3) is 0 Å². The van der Waals surface area contributed by atoms with Crippen LogP contribution < -0.4 is 26.6 Å². The highest BCUT2D eigenvalue weighted by Gasteiger charge is 2.32. The van der Waals surface area contributed by atoms with Gasteiger partial charge in [-0.3, -0.25) is 19.2 Å². The Balaban J connectivity index is 5.68. The third kappa shape index (κ3) is 18.9. The van der Waals surface area contributed by atoms with Gasteiger partial charge in [0.1, 0.15) is 18.1 Å². The van der Waals surface area contributed by atoms with Crippen LogP contribution in [0.25, 0.3) is 0 Å². The van der Waals surface area contributed by atoms with Gasteiger partial charge in [-0.15, -0.1) is 0 Å². The number of thioether (sulfide) groups is 1. The molecule has 0 bridgehead atoms. The minimum absolute atomic E-state index is 0.0342. The summed E-state index contributed by atoms with van der Waals surface area (Å²) >= 11 is 1.50. The molecule has 0 saturated carbocycles. The molecule has 6 atom stereocenters. The van der Waals surface area contributed by atoms with E-state index in [2.05, 4.69) is 26.6 Å². The van der Waals surface area contributed by atoms with E-state index in [1.165, 1.54) is 11.8 Å². The molecule has 0 heterocycles. The van der Waals surface area contributed by atoms with Gasteiger partial charge in [0.15, 0.2) is 0 Å². The highest BCUT2D eigenvalue weighted by Crippen LogP contribution is 2.17. The summed E-state index contributed by atoms with van der Waals surface area (Å²) in [5, 5.41) is 34.0. The van der Waals surface area contributed by atoms with Gasteiger partial charge in [-0.05, 0) is 68.3 Å². The molecular formula is C32H61N5O7S. The number of aliphatic hydroxyl groups excluding tert-OH is 1. The lowest BCUT2D eigenvalue weighted by atomic mass is 9.91. The Hall–Kier alpha value is -2.54. The molecule has 0 spiro atoms. The maximum absolute atomic E-state index is 13.5. The Morgan fingerprint density at radius 3 is 1.67 bits per heavy atom. The maximum Gasteiger partial charge on any atom is 0.405 e. The lowest BCUT2D eigenvalue weighted by molar-refractivity contribution is -0.132. The number of rotatable bonds is 23. The quantitative estimate of drug-likeness (QED) is 0.0815. The number of hydrogen-bond donors (Lipinski definition) is 7. The first-order valence-electron chi connectivity index (χ1n) is 16.4. The molecule has 12 nitrogen and oxygen atoms in total. The Morgan fingerprint density at radius 1 is 0.667 bits per heavy atom. The van der Waals surface area contributed by atoms with Crippen LogP contribution >= 0.6 is 11.8 Å². The van der Waals surface area contributed by atoms with E-state index in [0.717, 1.165) is 12.8 Å². The van der Waals surface area contributed by atoms with Crippen molar-refractivity contribution in [3.05, 3.63) is 0 Å². The average molecular weight is 660 g/mol. The smallest absolute Gasteiger partial charge is 0.405 e. The summed E-state index contributed by atoms with van der Waals surface area (Å²) in [5.74, 6) is -1.42. The Kier molecular flexibility index (Phi) is 21.6. The molecule has 0 aromatic rings. The van der Waals surface area contributed by atoms with E-state index in [1.807, 2.05) is 54.7 Å². The first-order chi connectivity index (χ1) is 21.0. The number of nitrogens with one attached hydrogen (secondary N) is 5. The van der Waals surface area contributed by atoms with Crippen LogP contribution in [-0.2, 0) is 19.2 Å². The summed E-state index contributed by atoms with van der Waals surface area (Å²) in [7, 11) is 0. The second-order valence-corrected chi connectivity index (χ2v) is 14.2. The van der Waals surface area contributed by atoms with E-state index in [4.69, 9.17) is 0 Å². The van der Waals surface area contributed by atoms with E-state index >= 15 is 0 Å². The van der Waals surface area contributed by atoms with Crippen LogP contribution in [-0.4, -0.2) is 88.8 Å². The second-order valence-electron chi connectivity index (χ2n) is 13.3. The third-order valence-corrected chi connectivity index (χ3v) is 7.94. The Morgan fingerprint density at radius 2 is 1.18 bits per heavy atom. The van der Waals surface area contributed by atoms with Crippen molar-refractivity contribution < 1.29 is 34.2 Å². The van der Waals surface area contributed by atoms with Crippen LogP contribution in [0.15, 0.2) is 0 Å². The van der Waals surface area contributed by atoms with E-state index in [9.17, 15) is 34.2 Å². The van der Waals surface area contributed by atoms with Crippen molar-refractivity contribution >= 4 is 41.5 Å². The molecule has 0 aliphatic carbocycles. The lowest BCUT2D eigenvalue weighted by Gasteiger charge is -2.30. The monoisotopic (exact) mass is 659 g/mol. The van der Waals surface area contributed by atoms with Crippen LogP contribution in [0.5, 0.6) is 0 Å². The van der Waals surface area contributed by atoms with Gasteiger partial charge in [-0.1, -0.05) is 61.8 Å². The largest absolute Gasteiger partial charge is 0.465 e. The van der Waals surface area contributed by atoms with Crippen molar-refractivity contribution in [3.8, 4) is 0 Å². The summed E-state index contributed by atoms with van der Waals surface area (Å²) in [6.07, 6.45) is 2.80. The van der Waals surface area contributed by atoms with Gasteiger partial charge >= 0.3 is 6.09 Å². The molecule has 0 saturated heterocycles. The number of unbranched alkanes of at least 4 members (excludes halogenated alkanes) is 1. The Labute approximate surface area is 274 Å². The number of amides is 5. The van der Waals surface area contributed by atoms with Crippen LogP contribution in [0.1, 0.15) is 100 Å². The summed E-state index contributed by atoms with van der Waals surface area (Å²) in [6.45, 7) is 15.9. The molecule has 0 fully saturated rings. The van der Waals surface area contributed by atoms with Gasteiger partial charge in [0, 0.05) is 12.5 Å². The first kappa shape index (κ1) is 42.5. The molecule has 0 rings (SSSR count). The van der Waals surface area contributed by atoms with E-state index in [0.29, 0.717) is 31.6 Å². The molecule has 262 valence electrons. The minimum atomic E-state index is -1.33. The fourth-order valence-electron chi connectivity index (χ4n) is 4.89. The molecule has 13 heteroatoms. The number of carbonyl (C=O) groups excluding carboxylic acids is 4. The van der Waals surface area contributed by atoms with Gasteiger partial charge in [0.2, 0.25) is 23.6 Å². The topological polar surface area (TPSA) is 186 Å². The zero-order chi connectivity index (χ0) is 34.7. The van der Waals surface area contributed by atoms with Crippen molar-refractivity contribution in [1.29, 1.82) is 0 Å². The number of hydrogen-bond acceptors (Lipinski definition) is 7. The Bertz CT molecular complexity index is 918. The molecule has 7 N–H and O–H groups in total. The molecule has 0 aliphatic heterocycles. The molecular weight excluding hydrogens is 598 g/mol. The van der Waals surface area contributed by atoms with E-state index in [1.54, 1.807) is 6.92 Å². The fourth-order valence-corrected chi connectivity index (χ4v) is 5.37. The van der Waals surface area contributed by atoms with Crippen molar-refractivity contribution in [2.75, 3.05) is 18.6 Å². The predicted octanol–water partition coefficient (Wildman–Crippen LogP) is 3.27. The van der Waals surface area contributed by atoms with Gasteiger partial charge in [-0.25, -0.2) is 4.79 Å². The van der Waals surface area contributed by atoms with Crippen molar-refractivity contribution in [1.82, 2.24) is 26.6 Å².